The van der Waals surface area contributed by atoms with Crippen molar-refractivity contribution in [2.45, 2.75) is 25.8 Å². The van der Waals surface area contributed by atoms with Crippen LogP contribution in [0.25, 0.3) is 0 Å². The van der Waals surface area contributed by atoms with Gasteiger partial charge >= 0.3 is 0 Å². The van der Waals surface area contributed by atoms with Gasteiger partial charge in [0.2, 0.25) is 0 Å². The van der Waals surface area contributed by atoms with E-state index in [9.17, 15) is 0 Å². The molecule has 1 heteroatoms. The fourth-order valence-electron chi connectivity index (χ4n) is 1.97. The minimum atomic E-state index is 0.307. The van der Waals surface area contributed by atoms with Crippen molar-refractivity contribution in [3.05, 3.63) is 35.9 Å². The molecular formula is C11H15N. The number of benzene rings is 1. The summed E-state index contributed by atoms with van der Waals surface area (Å²) in [5.74, 6) is 0.568. The van der Waals surface area contributed by atoms with Crippen molar-refractivity contribution in [3.63, 3.8) is 0 Å². The van der Waals surface area contributed by atoms with Gasteiger partial charge in [-0.05, 0) is 11.0 Å². The molecule has 0 aliphatic heterocycles. The van der Waals surface area contributed by atoms with E-state index in [0.29, 0.717) is 17.4 Å². The molecule has 1 saturated carbocycles. The summed E-state index contributed by atoms with van der Waals surface area (Å²) in [5, 5.41) is 0. The summed E-state index contributed by atoms with van der Waals surface area (Å²) in [7, 11) is 0. The fraction of sp³-hybridized carbons (Fsp3) is 0.455. The van der Waals surface area contributed by atoms with Gasteiger partial charge < -0.3 is 5.73 Å². The molecule has 2 atom stereocenters. The maximum absolute atomic E-state index is 5.98. The fourth-order valence-corrected chi connectivity index (χ4v) is 1.97. The Hall–Kier alpha value is -0.820. The first-order valence-corrected chi connectivity index (χ1v) is 4.44. The molecular weight excluding hydrogens is 146 g/mol. The molecule has 0 bridgehead atoms. The van der Waals surface area contributed by atoms with Crippen molar-refractivity contribution in [3.8, 4) is 0 Å². The monoisotopic (exact) mass is 161 g/mol. The van der Waals surface area contributed by atoms with Gasteiger partial charge in [0.15, 0.2) is 0 Å². The maximum Gasteiger partial charge on any atom is 0.0172 e. The molecule has 0 spiro atoms. The predicted molar refractivity (Wildman–Crippen MR) is 50.9 cm³/mol. The minimum absolute atomic E-state index is 0.307. The summed E-state index contributed by atoms with van der Waals surface area (Å²) in [5.41, 5.74) is 7.67. The van der Waals surface area contributed by atoms with Crippen molar-refractivity contribution in [1.29, 1.82) is 0 Å². The molecule has 0 saturated heterocycles. The molecule has 0 radical (unpaired) electrons. The maximum atomic E-state index is 5.98. The van der Waals surface area contributed by atoms with E-state index in [1.807, 2.05) is 6.07 Å². The highest BCUT2D eigenvalue weighted by atomic mass is 14.8. The van der Waals surface area contributed by atoms with Crippen LogP contribution in [0.3, 0.4) is 0 Å². The summed E-state index contributed by atoms with van der Waals surface area (Å²) < 4.78 is 0. The van der Waals surface area contributed by atoms with Crippen LogP contribution in [0.1, 0.15) is 25.3 Å². The SMILES string of the molecule is CC1(C)[C@H](N)[C@H]1c1ccccc1. The van der Waals surface area contributed by atoms with Gasteiger partial charge in [0, 0.05) is 12.0 Å². The van der Waals surface area contributed by atoms with Crippen molar-refractivity contribution in [2.24, 2.45) is 11.1 Å². The third kappa shape index (κ3) is 0.969. The Labute approximate surface area is 73.6 Å². The first kappa shape index (κ1) is 7.81. The zero-order chi connectivity index (χ0) is 8.77. The average molecular weight is 161 g/mol. The lowest BCUT2D eigenvalue weighted by molar-refractivity contribution is 0.599. The molecule has 0 unspecified atom stereocenters. The molecule has 0 amide bonds. The van der Waals surface area contributed by atoms with Gasteiger partial charge in [0.25, 0.3) is 0 Å². The zero-order valence-corrected chi connectivity index (χ0v) is 7.62. The van der Waals surface area contributed by atoms with Gasteiger partial charge in [-0.15, -0.1) is 0 Å². The third-order valence-corrected chi connectivity index (χ3v) is 3.07. The quantitative estimate of drug-likeness (QED) is 0.671. The standard InChI is InChI=1S/C11H15N/c1-11(2)9(10(11)12)8-6-4-3-5-7-8/h3-7,9-10H,12H2,1-2H3/t9-,10-/m1/s1. The van der Waals surface area contributed by atoms with Crippen molar-refractivity contribution in [1.82, 2.24) is 0 Å². The molecule has 1 aliphatic rings. The summed E-state index contributed by atoms with van der Waals surface area (Å²) in [6.07, 6.45) is 0. The highest BCUT2D eigenvalue weighted by Gasteiger charge is 2.55. The molecule has 2 N–H and O–H groups in total. The number of nitrogens with two attached hydrogens (primary N) is 1. The molecule has 0 heterocycles. The zero-order valence-electron chi connectivity index (χ0n) is 7.62. The van der Waals surface area contributed by atoms with E-state index < -0.39 is 0 Å². The molecule has 0 aromatic heterocycles. The van der Waals surface area contributed by atoms with Gasteiger partial charge in [-0.2, -0.15) is 0 Å². The molecule has 1 fully saturated rings. The Kier molecular flexibility index (Phi) is 1.52. The van der Waals surface area contributed by atoms with Crippen LogP contribution in [0.4, 0.5) is 0 Å². The molecule has 1 nitrogen and oxygen atoms in total. The van der Waals surface area contributed by atoms with E-state index in [4.69, 9.17) is 5.73 Å². The summed E-state index contributed by atoms with van der Waals surface area (Å²) >= 11 is 0. The topological polar surface area (TPSA) is 26.0 Å². The normalized spacial score (nSPS) is 31.6. The Bertz CT molecular complexity index is 276. The predicted octanol–water partition coefficient (Wildman–Crippen LogP) is 2.14. The molecule has 1 aliphatic carbocycles. The van der Waals surface area contributed by atoms with Crippen LogP contribution < -0.4 is 5.73 Å². The largest absolute Gasteiger partial charge is 0.327 e. The van der Waals surface area contributed by atoms with E-state index in [0.717, 1.165) is 0 Å². The van der Waals surface area contributed by atoms with Crippen LogP contribution in [0, 0.1) is 5.41 Å². The van der Waals surface area contributed by atoms with Crippen LogP contribution in [0.15, 0.2) is 30.3 Å². The lowest BCUT2D eigenvalue weighted by atomic mass is 10.0. The summed E-state index contributed by atoms with van der Waals surface area (Å²) in [4.78, 5) is 0. The van der Waals surface area contributed by atoms with Gasteiger partial charge in [-0.25, -0.2) is 0 Å². The van der Waals surface area contributed by atoms with Crippen molar-refractivity contribution in [2.75, 3.05) is 0 Å². The number of hydrogen-bond acceptors (Lipinski definition) is 1. The van der Waals surface area contributed by atoms with E-state index >= 15 is 0 Å². The highest BCUT2D eigenvalue weighted by Crippen LogP contribution is 2.57. The second kappa shape index (κ2) is 2.33. The second-order valence-corrected chi connectivity index (χ2v) is 4.24. The van der Waals surface area contributed by atoms with Gasteiger partial charge in [-0.1, -0.05) is 44.2 Å². The minimum Gasteiger partial charge on any atom is -0.327 e. The Morgan fingerprint density at radius 3 is 2.08 bits per heavy atom. The van der Waals surface area contributed by atoms with Crippen LogP contribution in [-0.4, -0.2) is 6.04 Å². The third-order valence-electron chi connectivity index (χ3n) is 3.07. The van der Waals surface area contributed by atoms with Crippen LogP contribution in [-0.2, 0) is 0 Å². The Morgan fingerprint density at radius 1 is 1.17 bits per heavy atom. The molecule has 2 rings (SSSR count). The smallest absolute Gasteiger partial charge is 0.0172 e. The Balaban J connectivity index is 2.25. The van der Waals surface area contributed by atoms with E-state index in [1.54, 1.807) is 0 Å². The van der Waals surface area contributed by atoms with Crippen molar-refractivity contribution < 1.29 is 0 Å². The first-order chi connectivity index (χ1) is 5.64. The van der Waals surface area contributed by atoms with Crippen molar-refractivity contribution >= 4 is 0 Å². The van der Waals surface area contributed by atoms with Crippen LogP contribution >= 0.6 is 0 Å². The summed E-state index contributed by atoms with van der Waals surface area (Å²) in [6, 6.07) is 10.9. The second-order valence-electron chi connectivity index (χ2n) is 4.24. The average Bonchev–Trinajstić information content (AvgIpc) is 2.53. The van der Waals surface area contributed by atoms with Crippen LogP contribution in [0.2, 0.25) is 0 Å². The van der Waals surface area contributed by atoms with E-state index in [2.05, 4.69) is 38.1 Å². The van der Waals surface area contributed by atoms with Gasteiger partial charge in [0.1, 0.15) is 0 Å². The highest BCUT2D eigenvalue weighted by molar-refractivity contribution is 5.33. The lowest BCUT2D eigenvalue weighted by Gasteiger charge is -2.01. The van der Waals surface area contributed by atoms with Gasteiger partial charge in [-0.3, -0.25) is 0 Å². The molecule has 1 aromatic carbocycles. The van der Waals surface area contributed by atoms with Crippen LogP contribution in [0.5, 0.6) is 0 Å². The molecule has 64 valence electrons. The Morgan fingerprint density at radius 2 is 1.67 bits per heavy atom. The summed E-state index contributed by atoms with van der Waals surface area (Å²) in [6.45, 7) is 4.46. The van der Waals surface area contributed by atoms with Gasteiger partial charge in [0.05, 0.1) is 0 Å². The first-order valence-electron chi connectivity index (χ1n) is 4.44. The molecule has 12 heavy (non-hydrogen) atoms. The number of rotatable bonds is 1. The molecule has 1 aromatic rings. The van der Waals surface area contributed by atoms with E-state index in [-0.39, 0.29) is 0 Å². The lowest BCUT2D eigenvalue weighted by Crippen LogP contribution is -2.06. The number of hydrogen-bond donors (Lipinski definition) is 1. The van der Waals surface area contributed by atoms with E-state index in [1.165, 1.54) is 5.56 Å².